The van der Waals surface area contributed by atoms with Crippen LogP contribution in [-0.2, 0) is 24.7 Å². The van der Waals surface area contributed by atoms with E-state index >= 15 is 0 Å². The number of alkyl halides is 3. The average Bonchev–Trinajstić information content (AvgIpc) is 2.87. The number of aryl methyl sites for hydroxylation is 2. The number of amides is 1. The standard InChI is InChI=1S/C29H33F3N2O4/c1-5-38-25(35)18-27(24(19-33)23-17-20(2)11-12-21(23)3)13-15-34(16-14-27)26(36)28(37-4,29(30,31)32)22-9-7-6-8-10-22/h6-12,17,24H,5,13-16,18H2,1-4H3/t24?,28-/m1/s1. The van der Waals surface area contributed by atoms with Crippen molar-refractivity contribution in [1.82, 2.24) is 4.90 Å². The number of benzene rings is 2. The summed E-state index contributed by atoms with van der Waals surface area (Å²) in [7, 11) is 0.875. The first-order valence-electron chi connectivity index (χ1n) is 12.5. The summed E-state index contributed by atoms with van der Waals surface area (Å²) in [5.41, 5.74) is -1.81. The van der Waals surface area contributed by atoms with Crippen molar-refractivity contribution in [3.05, 3.63) is 70.8 Å². The van der Waals surface area contributed by atoms with Crippen LogP contribution in [0, 0.1) is 30.6 Å². The van der Waals surface area contributed by atoms with Crippen LogP contribution in [0.1, 0.15) is 54.4 Å². The van der Waals surface area contributed by atoms with Crippen LogP contribution in [0.2, 0.25) is 0 Å². The number of nitriles is 1. The van der Waals surface area contributed by atoms with Crippen LogP contribution in [0.3, 0.4) is 0 Å². The summed E-state index contributed by atoms with van der Waals surface area (Å²) in [5.74, 6) is -2.42. The molecule has 38 heavy (non-hydrogen) atoms. The Morgan fingerprint density at radius 2 is 1.74 bits per heavy atom. The van der Waals surface area contributed by atoms with Gasteiger partial charge in [-0.3, -0.25) is 9.59 Å². The summed E-state index contributed by atoms with van der Waals surface area (Å²) in [6, 6.07) is 14.9. The molecule has 0 aliphatic carbocycles. The number of carbonyl (C=O) groups is 2. The summed E-state index contributed by atoms with van der Waals surface area (Å²) in [6.07, 6.45) is -4.80. The highest BCUT2D eigenvalue weighted by Gasteiger charge is 2.64. The van der Waals surface area contributed by atoms with Crippen molar-refractivity contribution >= 4 is 11.9 Å². The van der Waals surface area contributed by atoms with E-state index in [-0.39, 0.29) is 44.5 Å². The van der Waals surface area contributed by atoms with Crippen molar-refractivity contribution in [1.29, 1.82) is 5.26 Å². The fraction of sp³-hybridized carbons (Fsp3) is 0.483. The van der Waals surface area contributed by atoms with Gasteiger partial charge in [-0.2, -0.15) is 18.4 Å². The van der Waals surface area contributed by atoms with E-state index in [9.17, 15) is 28.0 Å². The molecule has 0 radical (unpaired) electrons. The molecule has 2 atom stereocenters. The van der Waals surface area contributed by atoms with Crippen LogP contribution in [0.15, 0.2) is 48.5 Å². The van der Waals surface area contributed by atoms with Crippen molar-refractivity contribution in [2.24, 2.45) is 5.41 Å². The molecule has 1 amide bonds. The number of carbonyl (C=O) groups excluding carboxylic acids is 2. The van der Waals surface area contributed by atoms with Gasteiger partial charge in [-0.05, 0) is 44.7 Å². The summed E-state index contributed by atoms with van der Waals surface area (Å²) in [5, 5.41) is 10.3. The van der Waals surface area contributed by atoms with Gasteiger partial charge in [-0.1, -0.05) is 54.1 Å². The van der Waals surface area contributed by atoms with Gasteiger partial charge in [0.15, 0.2) is 0 Å². The molecule has 2 aromatic rings. The molecule has 6 nitrogen and oxygen atoms in total. The van der Waals surface area contributed by atoms with E-state index < -0.39 is 35.0 Å². The largest absolute Gasteiger partial charge is 0.466 e. The molecule has 0 bridgehead atoms. The molecule has 1 unspecified atom stereocenters. The predicted molar refractivity (Wildman–Crippen MR) is 135 cm³/mol. The van der Waals surface area contributed by atoms with Crippen molar-refractivity contribution in [3.8, 4) is 6.07 Å². The zero-order valence-corrected chi connectivity index (χ0v) is 22.1. The van der Waals surface area contributed by atoms with E-state index in [0.717, 1.165) is 28.7 Å². The monoisotopic (exact) mass is 530 g/mol. The van der Waals surface area contributed by atoms with Crippen LogP contribution in [-0.4, -0.2) is 49.8 Å². The number of nitrogens with zero attached hydrogens (tertiary/aromatic N) is 2. The van der Waals surface area contributed by atoms with Gasteiger partial charge in [0.05, 0.1) is 25.0 Å². The van der Waals surface area contributed by atoms with E-state index in [1.165, 1.54) is 24.3 Å². The first-order valence-corrected chi connectivity index (χ1v) is 12.5. The van der Waals surface area contributed by atoms with E-state index in [1.54, 1.807) is 13.0 Å². The minimum absolute atomic E-state index is 0.0741. The van der Waals surface area contributed by atoms with Gasteiger partial charge in [-0.15, -0.1) is 0 Å². The minimum Gasteiger partial charge on any atom is -0.466 e. The lowest BCUT2D eigenvalue weighted by Crippen LogP contribution is -2.59. The molecule has 3 rings (SSSR count). The number of ether oxygens (including phenoxy) is 2. The molecule has 1 heterocycles. The summed E-state index contributed by atoms with van der Waals surface area (Å²) < 4.78 is 53.6. The van der Waals surface area contributed by atoms with Crippen molar-refractivity contribution in [2.45, 2.75) is 57.7 Å². The topological polar surface area (TPSA) is 79.6 Å². The third kappa shape index (κ3) is 5.41. The van der Waals surface area contributed by atoms with Crippen molar-refractivity contribution < 1.29 is 32.2 Å². The molecule has 0 spiro atoms. The maximum atomic E-state index is 14.5. The molecule has 1 fully saturated rings. The summed E-state index contributed by atoms with van der Waals surface area (Å²) in [6.45, 7) is 5.49. The predicted octanol–water partition coefficient (Wildman–Crippen LogP) is 5.58. The van der Waals surface area contributed by atoms with E-state index in [2.05, 4.69) is 6.07 Å². The Morgan fingerprint density at radius 1 is 1.11 bits per heavy atom. The minimum atomic E-state index is -5.02. The normalized spacial score (nSPS) is 17.7. The second-order valence-electron chi connectivity index (χ2n) is 9.81. The smallest absolute Gasteiger partial charge is 0.430 e. The molecular weight excluding hydrogens is 497 g/mol. The Kier molecular flexibility index (Phi) is 8.88. The number of esters is 1. The highest BCUT2D eigenvalue weighted by Crippen LogP contribution is 2.50. The van der Waals surface area contributed by atoms with E-state index in [4.69, 9.17) is 9.47 Å². The third-order valence-electron chi connectivity index (χ3n) is 7.52. The van der Waals surface area contributed by atoms with E-state index in [0.29, 0.717) is 0 Å². The third-order valence-corrected chi connectivity index (χ3v) is 7.52. The van der Waals surface area contributed by atoms with Gasteiger partial charge in [0.1, 0.15) is 0 Å². The van der Waals surface area contributed by atoms with E-state index in [1.807, 2.05) is 32.0 Å². The van der Waals surface area contributed by atoms with Crippen LogP contribution in [0.25, 0.3) is 0 Å². The van der Waals surface area contributed by atoms with Gasteiger partial charge in [0, 0.05) is 31.2 Å². The molecule has 1 saturated heterocycles. The second kappa shape index (κ2) is 11.6. The maximum Gasteiger partial charge on any atom is 0.430 e. The van der Waals surface area contributed by atoms with Crippen molar-refractivity contribution in [3.63, 3.8) is 0 Å². The summed E-state index contributed by atoms with van der Waals surface area (Å²) >= 11 is 0. The zero-order valence-electron chi connectivity index (χ0n) is 22.1. The number of likely N-dealkylation sites (tertiary alicyclic amines) is 1. The molecular formula is C29H33F3N2O4. The maximum absolute atomic E-state index is 14.5. The Balaban J connectivity index is 2.00. The highest BCUT2D eigenvalue weighted by atomic mass is 19.4. The first-order chi connectivity index (χ1) is 18.0. The number of hydrogen-bond donors (Lipinski definition) is 0. The highest BCUT2D eigenvalue weighted by molar-refractivity contribution is 5.88. The SMILES string of the molecule is CCOC(=O)CC1(C(C#N)c2cc(C)ccc2C)CCN(C(=O)[C@](OC)(c2ccccc2)C(F)(F)F)CC1. The number of halogens is 3. The van der Waals surface area contributed by atoms with Crippen LogP contribution in [0.5, 0.6) is 0 Å². The molecule has 2 aromatic carbocycles. The lowest BCUT2D eigenvalue weighted by Gasteiger charge is -2.46. The molecule has 0 N–H and O–H groups in total. The number of piperidine rings is 1. The Hall–Kier alpha value is -3.38. The Labute approximate surface area is 221 Å². The molecule has 1 aliphatic heterocycles. The van der Waals surface area contributed by atoms with Gasteiger partial charge < -0.3 is 14.4 Å². The van der Waals surface area contributed by atoms with Crippen molar-refractivity contribution in [2.75, 3.05) is 26.8 Å². The quantitative estimate of drug-likeness (QED) is 0.417. The fourth-order valence-electron chi connectivity index (χ4n) is 5.45. The average molecular weight is 531 g/mol. The van der Waals surface area contributed by atoms with Crippen LogP contribution in [0.4, 0.5) is 13.2 Å². The molecule has 204 valence electrons. The first kappa shape index (κ1) is 29.2. The lowest BCUT2D eigenvalue weighted by molar-refractivity contribution is -0.271. The van der Waals surface area contributed by atoms with Gasteiger partial charge in [-0.25, -0.2) is 0 Å². The van der Waals surface area contributed by atoms with Crippen LogP contribution < -0.4 is 0 Å². The number of hydrogen-bond acceptors (Lipinski definition) is 5. The number of rotatable bonds is 8. The van der Waals surface area contributed by atoms with Gasteiger partial charge in [0.2, 0.25) is 0 Å². The molecule has 0 aromatic heterocycles. The van der Waals surface area contributed by atoms with Gasteiger partial charge >= 0.3 is 12.1 Å². The molecule has 9 heteroatoms. The zero-order chi connectivity index (χ0) is 28.1. The summed E-state index contributed by atoms with van der Waals surface area (Å²) in [4.78, 5) is 27.4. The molecule has 1 aliphatic rings. The number of methoxy groups -OCH3 is 1. The van der Waals surface area contributed by atoms with Gasteiger partial charge in [0.25, 0.3) is 11.5 Å². The van der Waals surface area contributed by atoms with Crippen LogP contribution >= 0.6 is 0 Å². The Morgan fingerprint density at radius 3 is 2.26 bits per heavy atom. The lowest BCUT2D eigenvalue weighted by atomic mass is 9.64. The molecule has 0 saturated carbocycles. The second-order valence-corrected chi connectivity index (χ2v) is 9.81. The fourth-order valence-corrected chi connectivity index (χ4v) is 5.45. The Bertz CT molecular complexity index is 1180.